The minimum absolute atomic E-state index is 0.0353. The van der Waals surface area contributed by atoms with Gasteiger partial charge < -0.3 is 26.4 Å². The molecule has 9 heteroatoms. The molecule has 0 bridgehead atoms. The van der Waals surface area contributed by atoms with Gasteiger partial charge in [-0.15, -0.1) is 0 Å². The van der Waals surface area contributed by atoms with E-state index in [0.29, 0.717) is 48.2 Å². The first-order valence-corrected chi connectivity index (χ1v) is 11.6. The van der Waals surface area contributed by atoms with Gasteiger partial charge >= 0.3 is 0 Å². The zero-order valence-corrected chi connectivity index (χ0v) is 19.4. The van der Waals surface area contributed by atoms with Crippen LogP contribution in [0.1, 0.15) is 47.2 Å². The van der Waals surface area contributed by atoms with Crippen LogP contribution in [0, 0.1) is 6.92 Å². The first-order chi connectivity index (χ1) is 16.5. The van der Waals surface area contributed by atoms with Crippen molar-refractivity contribution in [2.45, 2.75) is 45.2 Å². The number of nitrogens with two attached hydrogens (primary N) is 1. The molecule has 1 saturated carbocycles. The molecule has 4 rings (SSSR count). The molecule has 0 radical (unpaired) electrons. The number of nitrogens with one attached hydrogen (secondary N) is 2. The van der Waals surface area contributed by atoms with E-state index < -0.39 is 5.91 Å². The molecule has 0 unspecified atom stereocenters. The normalized spacial score (nSPS) is 13.6. The van der Waals surface area contributed by atoms with Crippen molar-refractivity contribution in [3.8, 4) is 0 Å². The molecule has 1 fully saturated rings. The van der Waals surface area contributed by atoms with Gasteiger partial charge in [0, 0.05) is 30.4 Å². The van der Waals surface area contributed by atoms with E-state index in [1.54, 1.807) is 12.1 Å². The highest BCUT2D eigenvalue weighted by molar-refractivity contribution is 5.94. The number of nitrogens with zero attached hydrogens (tertiary/aromatic N) is 4. The smallest absolute Gasteiger partial charge is 0.248 e. The standard InChI is InChI=1S/C25H31N7O2/c1-17-11-12-19(22(26)34)15-21(17)28-24-29-23(27-20-9-5-6-10-20)30-25(31-24)32(13-14-33)16-18-7-3-2-4-8-18/h2-4,7-8,11-12,15,20,33H,5-6,9-10,13-14,16H2,1H3,(H2,26,34)(H2,27,28,29,30,31). The van der Waals surface area contributed by atoms with E-state index in [9.17, 15) is 9.90 Å². The summed E-state index contributed by atoms with van der Waals surface area (Å²) in [5, 5.41) is 16.4. The summed E-state index contributed by atoms with van der Waals surface area (Å²) in [6, 6.07) is 15.5. The molecule has 1 heterocycles. The second kappa shape index (κ2) is 10.9. The largest absolute Gasteiger partial charge is 0.395 e. The van der Waals surface area contributed by atoms with Gasteiger partial charge in [-0.2, -0.15) is 15.0 Å². The third-order valence-corrected chi connectivity index (χ3v) is 5.95. The Labute approximate surface area is 199 Å². The van der Waals surface area contributed by atoms with Crippen LogP contribution in [0.4, 0.5) is 23.5 Å². The number of hydrogen-bond acceptors (Lipinski definition) is 8. The lowest BCUT2D eigenvalue weighted by atomic mass is 10.1. The Balaban J connectivity index is 1.68. The highest BCUT2D eigenvalue weighted by Crippen LogP contribution is 2.25. The van der Waals surface area contributed by atoms with Crippen LogP contribution < -0.4 is 21.3 Å². The molecule has 0 spiro atoms. The lowest BCUT2D eigenvalue weighted by molar-refractivity contribution is 0.100. The number of hydrogen-bond donors (Lipinski definition) is 4. The highest BCUT2D eigenvalue weighted by Gasteiger charge is 2.19. The molecule has 178 valence electrons. The minimum Gasteiger partial charge on any atom is -0.395 e. The fourth-order valence-corrected chi connectivity index (χ4v) is 4.08. The number of amides is 1. The predicted molar refractivity (Wildman–Crippen MR) is 133 cm³/mol. The molecule has 1 amide bonds. The van der Waals surface area contributed by atoms with Crippen LogP contribution in [0.25, 0.3) is 0 Å². The van der Waals surface area contributed by atoms with Crippen LogP contribution in [0.3, 0.4) is 0 Å². The Morgan fingerprint density at radius 2 is 1.82 bits per heavy atom. The zero-order valence-electron chi connectivity index (χ0n) is 19.4. The average molecular weight is 462 g/mol. The zero-order chi connectivity index (χ0) is 23.9. The third-order valence-electron chi connectivity index (χ3n) is 5.95. The topological polar surface area (TPSA) is 129 Å². The Hall–Kier alpha value is -3.72. The number of aliphatic hydroxyl groups excluding tert-OH is 1. The first kappa shape index (κ1) is 23.4. The SMILES string of the molecule is Cc1ccc(C(N)=O)cc1Nc1nc(NC2CCCC2)nc(N(CCO)Cc2ccccc2)n1. The molecule has 1 aliphatic rings. The van der Waals surface area contributed by atoms with Crippen molar-refractivity contribution >= 4 is 29.4 Å². The van der Waals surface area contributed by atoms with E-state index in [-0.39, 0.29) is 6.61 Å². The van der Waals surface area contributed by atoms with Gasteiger partial charge in [0.2, 0.25) is 23.8 Å². The summed E-state index contributed by atoms with van der Waals surface area (Å²) in [6.07, 6.45) is 4.52. The van der Waals surface area contributed by atoms with Crippen molar-refractivity contribution < 1.29 is 9.90 Å². The van der Waals surface area contributed by atoms with Crippen molar-refractivity contribution in [3.05, 3.63) is 65.2 Å². The van der Waals surface area contributed by atoms with Crippen LogP contribution in [0.15, 0.2) is 48.5 Å². The van der Waals surface area contributed by atoms with E-state index in [0.717, 1.165) is 24.0 Å². The summed E-state index contributed by atoms with van der Waals surface area (Å²) >= 11 is 0. The van der Waals surface area contributed by atoms with Gasteiger partial charge in [0.05, 0.1) is 6.61 Å². The number of carbonyl (C=O) groups excluding carboxylic acids is 1. The van der Waals surface area contributed by atoms with Crippen molar-refractivity contribution in [3.63, 3.8) is 0 Å². The average Bonchev–Trinajstić information content (AvgIpc) is 3.33. The number of anilines is 4. The number of aromatic nitrogens is 3. The third kappa shape index (κ3) is 5.99. The summed E-state index contributed by atoms with van der Waals surface area (Å²) in [7, 11) is 0. The highest BCUT2D eigenvalue weighted by atomic mass is 16.3. The molecule has 9 nitrogen and oxygen atoms in total. The van der Waals surface area contributed by atoms with Gasteiger partial charge in [-0.1, -0.05) is 49.2 Å². The fourth-order valence-electron chi connectivity index (χ4n) is 4.08. The minimum atomic E-state index is -0.500. The van der Waals surface area contributed by atoms with Crippen molar-refractivity contribution in [2.75, 3.05) is 28.7 Å². The molecular weight excluding hydrogens is 430 g/mol. The molecule has 1 aliphatic carbocycles. The lowest BCUT2D eigenvalue weighted by Gasteiger charge is -2.23. The molecule has 0 aliphatic heterocycles. The van der Waals surface area contributed by atoms with Crippen LogP contribution in [0.5, 0.6) is 0 Å². The number of aryl methyl sites for hydroxylation is 1. The molecular formula is C25H31N7O2. The van der Waals surface area contributed by atoms with Gasteiger partial charge in [-0.25, -0.2) is 0 Å². The van der Waals surface area contributed by atoms with Gasteiger partial charge in [-0.3, -0.25) is 4.79 Å². The van der Waals surface area contributed by atoms with Crippen molar-refractivity contribution in [1.29, 1.82) is 0 Å². The van der Waals surface area contributed by atoms with Crippen LogP contribution in [-0.2, 0) is 6.54 Å². The second-order valence-electron chi connectivity index (χ2n) is 8.56. The molecule has 0 atom stereocenters. The van der Waals surface area contributed by atoms with Crippen LogP contribution >= 0.6 is 0 Å². The van der Waals surface area contributed by atoms with Gasteiger partial charge in [-0.05, 0) is 43.0 Å². The summed E-state index contributed by atoms with van der Waals surface area (Å²) in [4.78, 5) is 27.5. The number of primary amides is 1. The van der Waals surface area contributed by atoms with Crippen LogP contribution in [-0.4, -0.2) is 45.2 Å². The molecule has 1 aromatic heterocycles. The Bertz CT molecular complexity index is 1120. The summed E-state index contributed by atoms with van der Waals surface area (Å²) in [5.41, 5.74) is 8.57. The fraction of sp³-hybridized carbons (Fsp3) is 0.360. The van der Waals surface area contributed by atoms with E-state index in [1.165, 1.54) is 12.8 Å². The van der Waals surface area contributed by atoms with Gasteiger partial charge in [0.25, 0.3) is 0 Å². The van der Waals surface area contributed by atoms with E-state index in [1.807, 2.05) is 48.2 Å². The molecule has 34 heavy (non-hydrogen) atoms. The van der Waals surface area contributed by atoms with Crippen molar-refractivity contribution in [1.82, 2.24) is 15.0 Å². The van der Waals surface area contributed by atoms with Gasteiger partial charge in [0.15, 0.2) is 0 Å². The van der Waals surface area contributed by atoms with Crippen molar-refractivity contribution in [2.24, 2.45) is 5.73 Å². The molecule has 3 aromatic rings. The quantitative estimate of drug-likeness (QED) is 0.362. The summed E-state index contributed by atoms with van der Waals surface area (Å²) in [6.45, 7) is 2.81. The van der Waals surface area contributed by atoms with E-state index in [2.05, 4.69) is 25.6 Å². The Kier molecular flexibility index (Phi) is 7.54. The predicted octanol–water partition coefficient (Wildman–Crippen LogP) is 3.38. The number of benzene rings is 2. The van der Waals surface area contributed by atoms with Crippen LogP contribution in [0.2, 0.25) is 0 Å². The monoisotopic (exact) mass is 461 g/mol. The Morgan fingerprint density at radius 1 is 1.09 bits per heavy atom. The number of aliphatic hydroxyl groups is 1. The van der Waals surface area contributed by atoms with E-state index in [4.69, 9.17) is 5.73 Å². The maximum Gasteiger partial charge on any atom is 0.248 e. The maximum atomic E-state index is 11.7. The van der Waals surface area contributed by atoms with E-state index >= 15 is 0 Å². The number of carbonyl (C=O) groups is 1. The summed E-state index contributed by atoms with van der Waals surface area (Å²) in [5.74, 6) is 0.796. The first-order valence-electron chi connectivity index (χ1n) is 11.6. The molecule has 5 N–H and O–H groups in total. The maximum absolute atomic E-state index is 11.7. The second-order valence-corrected chi connectivity index (χ2v) is 8.56. The molecule has 0 saturated heterocycles. The Morgan fingerprint density at radius 3 is 2.53 bits per heavy atom. The van der Waals surface area contributed by atoms with Gasteiger partial charge in [0.1, 0.15) is 0 Å². The number of rotatable bonds is 10. The summed E-state index contributed by atoms with van der Waals surface area (Å²) < 4.78 is 0. The lowest BCUT2D eigenvalue weighted by Crippen LogP contribution is -2.29. The molecule has 2 aromatic carbocycles.